The maximum Gasteiger partial charge on any atom is 0.404 e. The molecule has 2 unspecified atom stereocenters. The van der Waals surface area contributed by atoms with E-state index in [1.54, 1.807) is 10.9 Å². The average Bonchev–Trinajstić information content (AvgIpc) is 3.17. The van der Waals surface area contributed by atoms with Crippen molar-refractivity contribution in [2.75, 3.05) is 13.2 Å². The van der Waals surface area contributed by atoms with Gasteiger partial charge in [-0.05, 0) is 69.3 Å². The normalized spacial score (nSPS) is 23.9. The van der Waals surface area contributed by atoms with Gasteiger partial charge in [0.15, 0.2) is 0 Å². The van der Waals surface area contributed by atoms with E-state index in [0.29, 0.717) is 36.5 Å². The molecule has 2 atom stereocenters. The molecule has 3 rings (SSSR count). The highest BCUT2D eigenvalue weighted by atomic mass is 16.5. The molecule has 2 fully saturated rings. The molecule has 0 radical (unpaired) electrons. The van der Waals surface area contributed by atoms with Crippen LogP contribution in [0.25, 0.3) is 6.20 Å². The summed E-state index contributed by atoms with van der Waals surface area (Å²) in [5.41, 5.74) is 4.94. The molecule has 36 heavy (non-hydrogen) atoms. The van der Waals surface area contributed by atoms with Crippen molar-refractivity contribution >= 4 is 24.1 Å². The molecule has 4 N–H and O–H groups in total. The van der Waals surface area contributed by atoms with Crippen LogP contribution in [-0.2, 0) is 9.53 Å². The number of aromatic nitrogens is 2. The fourth-order valence-corrected chi connectivity index (χ4v) is 5.42. The second-order valence-corrected chi connectivity index (χ2v) is 11.1. The highest BCUT2D eigenvalue weighted by molar-refractivity contribution is 5.96. The Morgan fingerprint density at radius 2 is 1.92 bits per heavy atom. The first-order chi connectivity index (χ1) is 16.9. The zero-order valence-corrected chi connectivity index (χ0v) is 22.1. The molecule has 0 saturated heterocycles. The number of carbonyl (C=O) groups is 3. The van der Waals surface area contributed by atoms with Crippen LogP contribution in [-0.4, -0.2) is 52.5 Å². The van der Waals surface area contributed by atoms with E-state index in [4.69, 9.17) is 15.2 Å². The molecule has 10 heteroatoms. The standard InChI is InChI=1S/C26H41N5O5/c1-16(2)14-35-24-21(13-28-31(24)10-9-26(4,5)30-17(3)32)23(33)29-22-19-7-6-8-20(22)12-18(11-19)15-36-25(27)34/h9-10,13,16,18-20,22H,6-8,11-12,14-15H2,1-5H3,(H2,27,34)(H,29,33)(H,30,32)/b10-9+. The summed E-state index contributed by atoms with van der Waals surface area (Å²) in [7, 11) is 0. The second-order valence-electron chi connectivity index (χ2n) is 11.1. The van der Waals surface area contributed by atoms with Crippen LogP contribution in [0.5, 0.6) is 5.88 Å². The number of hydrogen-bond acceptors (Lipinski definition) is 6. The lowest BCUT2D eigenvalue weighted by atomic mass is 9.65. The Kier molecular flexibility index (Phi) is 9.03. The van der Waals surface area contributed by atoms with Gasteiger partial charge in [0.05, 0.1) is 24.9 Å². The highest BCUT2D eigenvalue weighted by Crippen LogP contribution is 2.43. The fraction of sp³-hybridized carbons (Fsp3) is 0.692. The summed E-state index contributed by atoms with van der Waals surface area (Å²) in [4.78, 5) is 36.0. The molecule has 1 aromatic rings. The maximum atomic E-state index is 13.5. The number of hydrogen-bond donors (Lipinski definition) is 3. The van der Waals surface area contributed by atoms with Crippen LogP contribution in [0.4, 0.5) is 4.79 Å². The van der Waals surface area contributed by atoms with E-state index in [9.17, 15) is 14.4 Å². The predicted octanol–water partition coefficient (Wildman–Crippen LogP) is 3.32. The molecule has 2 bridgehead atoms. The zero-order chi connectivity index (χ0) is 26.5. The first-order valence-electron chi connectivity index (χ1n) is 12.9. The summed E-state index contributed by atoms with van der Waals surface area (Å²) in [5, 5.41) is 10.5. The summed E-state index contributed by atoms with van der Waals surface area (Å²) >= 11 is 0. The predicted molar refractivity (Wildman–Crippen MR) is 136 cm³/mol. The lowest BCUT2D eigenvalue weighted by Crippen LogP contribution is -2.51. The number of amides is 3. The molecule has 200 valence electrons. The van der Waals surface area contributed by atoms with Crippen LogP contribution in [0, 0.1) is 23.7 Å². The number of nitrogens with one attached hydrogen (secondary N) is 2. The molecule has 2 aliphatic rings. The van der Waals surface area contributed by atoms with Gasteiger partial charge < -0.3 is 25.8 Å². The molecular formula is C26H41N5O5. The lowest BCUT2D eigenvalue weighted by Gasteiger charge is -2.45. The number of primary amides is 1. The summed E-state index contributed by atoms with van der Waals surface area (Å²) in [6, 6.07) is 0.0617. The average molecular weight is 504 g/mol. The van der Waals surface area contributed by atoms with Crippen molar-refractivity contribution in [2.45, 2.75) is 78.3 Å². The Morgan fingerprint density at radius 1 is 1.25 bits per heavy atom. The molecular weight excluding hydrogens is 462 g/mol. The van der Waals surface area contributed by atoms with E-state index in [2.05, 4.69) is 15.7 Å². The van der Waals surface area contributed by atoms with Gasteiger partial charge in [0.1, 0.15) is 5.56 Å². The Bertz CT molecular complexity index is 956. The number of carbonyl (C=O) groups excluding carboxylic acids is 3. The first-order valence-corrected chi connectivity index (χ1v) is 12.9. The maximum absolute atomic E-state index is 13.5. The minimum absolute atomic E-state index is 0.0617. The summed E-state index contributed by atoms with van der Waals surface area (Å²) in [5.74, 6) is 1.23. The van der Waals surface area contributed by atoms with E-state index in [0.717, 1.165) is 32.1 Å². The van der Waals surface area contributed by atoms with Crippen molar-refractivity contribution in [2.24, 2.45) is 29.4 Å². The number of nitrogens with two attached hydrogens (primary N) is 1. The van der Waals surface area contributed by atoms with E-state index in [1.165, 1.54) is 13.1 Å². The number of fused-ring (bicyclic) bond motifs is 2. The van der Waals surface area contributed by atoms with Crippen LogP contribution in [0.1, 0.15) is 77.1 Å². The minimum atomic E-state index is -0.740. The quantitative estimate of drug-likeness (QED) is 0.448. The van der Waals surface area contributed by atoms with Crippen LogP contribution >= 0.6 is 0 Å². The number of ether oxygens (including phenoxy) is 2. The SMILES string of the molecule is CC(=O)NC(C)(C)/C=C/n1ncc(C(=O)NC2C3CCCC2CC(COC(N)=O)C3)c1OCC(C)C. The molecule has 3 amide bonds. The molecule has 1 heterocycles. The summed E-state index contributed by atoms with van der Waals surface area (Å²) < 4.78 is 12.6. The number of rotatable bonds is 10. The van der Waals surface area contributed by atoms with Gasteiger partial charge in [-0.15, -0.1) is 0 Å². The van der Waals surface area contributed by atoms with Crippen molar-refractivity contribution in [1.29, 1.82) is 0 Å². The Hall–Kier alpha value is -3.04. The van der Waals surface area contributed by atoms with Crippen LogP contribution in [0.3, 0.4) is 0 Å². The van der Waals surface area contributed by atoms with E-state index in [1.807, 2.05) is 33.8 Å². The minimum Gasteiger partial charge on any atom is -0.477 e. The van der Waals surface area contributed by atoms with Crippen LogP contribution in [0.2, 0.25) is 0 Å². The van der Waals surface area contributed by atoms with E-state index < -0.39 is 11.6 Å². The Balaban J connectivity index is 1.76. The molecule has 2 aliphatic carbocycles. The van der Waals surface area contributed by atoms with Gasteiger partial charge in [-0.25, -0.2) is 9.48 Å². The van der Waals surface area contributed by atoms with Gasteiger partial charge in [-0.2, -0.15) is 5.10 Å². The summed E-state index contributed by atoms with van der Waals surface area (Å²) in [6.07, 6.45) is 9.31. The van der Waals surface area contributed by atoms with Crippen molar-refractivity contribution < 1.29 is 23.9 Å². The van der Waals surface area contributed by atoms with Gasteiger partial charge in [0.2, 0.25) is 11.8 Å². The molecule has 1 aromatic heterocycles. The third-order valence-electron chi connectivity index (χ3n) is 6.88. The Labute approximate surface area is 213 Å². The Morgan fingerprint density at radius 3 is 2.50 bits per heavy atom. The smallest absolute Gasteiger partial charge is 0.404 e. The van der Waals surface area contributed by atoms with Crippen molar-refractivity contribution in [3.63, 3.8) is 0 Å². The first kappa shape index (κ1) is 27.5. The van der Waals surface area contributed by atoms with Crippen LogP contribution < -0.4 is 21.1 Å². The molecule has 0 aliphatic heterocycles. The molecule has 0 aromatic carbocycles. The lowest BCUT2D eigenvalue weighted by molar-refractivity contribution is -0.120. The van der Waals surface area contributed by atoms with Gasteiger partial charge >= 0.3 is 6.09 Å². The van der Waals surface area contributed by atoms with Gasteiger partial charge in [0, 0.05) is 19.2 Å². The fourth-order valence-electron chi connectivity index (χ4n) is 5.42. The molecule has 0 spiro atoms. The zero-order valence-electron chi connectivity index (χ0n) is 22.1. The van der Waals surface area contributed by atoms with Gasteiger partial charge in [-0.1, -0.05) is 20.3 Å². The third-order valence-corrected chi connectivity index (χ3v) is 6.88. The van der Waals surface area contributed by atoms with Crippen molar-refractivity contribution in [1.82, 2.24) is 20.4 Å². The summed E-state index contributed by atoms with van der Waals surface area (Å²) in [6.45, 7) is 10.1. The van der Waals surface area contributed by atoms with Crippen molar-refractivity contribution in [3.8, 4) is 5.88 Å². The number of nitrogens with zero attached hydrogens (tertiary/aromatic N) is 2. The topological polar surface area (TPSA) is 138 Å². The highest BCUT2D eigenvalue weighted by Gasteiger charge is 2.41. The van der Waals surface area contributed by atoms with Crippen molar-refractivity contribution in [3.05, 3.63) is 17.8 Å². The second kappa shape index (κ2) is 11.8. The van der Waals surface area contributed by atoms with E-state index in [-0.39, 0.29) is 29.7 Å². The molecule has 2 saturated carbocycles. The largest absolute Gasteiger partial charge is 0.477 e. The van der Waals surface area contributed by atoms with Gasteiger partial charge in [0.25, 0.3) is 5.91 Å². The van der Waals surface area contributed by atoms with E-state index >= 15 is 0 Å². The third kappa shape index (κ3) is 7.48. The van der Waals surface area contributed by atoms with Crippen LogP contribution in [0.15, 0.2) is 12.3 Å². The monoisotopic (exact) mass is 503 g/mol. The van der Waals surface area contributed by atoms with Gasteiger partial charge in [-0.3, -0.25) is 9.59 Å². The molecule has 10 nitrogen and oxygen atoms in total.